The van der Waals surface area contributed by atoms with Crippen molar-refractivity contribution in [2.45, 2.75) is 27.2 Å². The minimum absolute atomic E-state index is 0.518. The Balaban J connectivity index is 1.88. The van der Waals surface area contributed by atoms with Crippen molar-refractivity contribution in [3.05, 3.63) is 29.3 Å². The van der Waals surface area contributed by atoms with Gasteiger partial charge in [0.2, 0.25) is 0 Å². The van der Waals surface area contributed by atoms with E-state index >= 15 is 0 Å². The summed E-state index contributed by atoms with van der Waals surface area (Å²) in [6.45, 7) is 10.7. The Kier molecular flexibility index (Phi) is 5.01. The largest absolute Gasteiger partial charge is 0.370 e. The van der Waals surface area contributed by atoms with Gasteiger partial charge in [-0.2, -0.15) is 0 Å². The zero-order valence-electron chi connectivity index (χ0n) is 12.8. The molecule has 0 saturated carbocycles. The van der Waals surface area contributed by atoms with E-state index in [1.54, 1.807) is 0 Å². The van der Waals surface area contributed by atoms with Gasteiger partial charge in [0.25, 0.3) is 0 Å². The van der Waals surface area contributed by atoms with E-state index < -0.39 is 0 Å². The van der Waals surface area contributed by atoms with Crippen LogP contribution in [0.5, 0.6) is 0 Å². The van der Waals surface area contributed by atoms with Crippen LogP contribution < -0.4 is 11.1 Å². The van der Waals surface area contributed by atoms with Crippen molar-refractivity contribution in [1.82, 2.24) is 4.90 Å². The molecule has 110 valence electrons. The van der Waals surface area contributed by atoms with Gasteiger partial charge in [0.05, 0.1) is 0 Å². The third-order valence-corrected chi connectivity index (χ3v) is 3.83. The van der Waals surface area contributed by atoms with Crippen molar-refractivity contribution in [2.24, 2.45) is 16.6 Å². The summed E-state index contributed by atoms with van der Waals surface area (Å²) in [7, 11) is 0. The minimum atomic E-state index is 0.518. The number of likely N-dealkylation sites (tertiary alicyclic amines) is 1. The zero-order valence-corrected chi connectivity index (χ0v) is 12.8. The molecule has 0 amide bonds. The number of guanidine groups is 1. The Hall–Kier alpha value is -1.55. The SMILES string of the molecule is CCN1CCC(CN=C(N)Nc2cc(C)cc(C)c2)C1. The van der Waals surface area contributed by atoms with Crippen LogP contribution in [-0.2, 0) is 0 Å². The molecule has 1 unspecified atom stereocenters. The van der Waals surface area contributed by atoms with Crippen molar-refractivity contribution < 1.29 is 0 Å². The van der Waals surface area contributed by atoms with Crippen LogP contribution in [0.2, 0.25) is 0 Å². The summed E-state index contributed by atoms with van der Waals surface area (Å²) in [6.07, 6.45) is 1.23. The smallest absolute Gasteiger partial charge is 0.193 e. The van der Waals surface area contributed by atoms with E-state index in [1.807, 2.05) is 0 Å². The Morgan fingerprint density at radius 1 is 1.35 bits per heavy atom. The van der Waals surface area contributed by atoms with Crippen LogP contribution in [0.3, 0.4) is 0 Å². The number of rotatable bonds is 4. The highest BCUT2D eigenvalue weighted by Gasteiger charge is 2.20. The molecule has 4 heteroatoms. The highest BCUT2D eigenvalue weighted by atomic mass is 15.1. The Bertz CT molecular complexity index is 461. The second-order valence-electron chi connectivity index (χ2n) is 5.78. The van der Waals surface area contributed by atoms with E-state index in [1.165, 1.54) is 24.1 Å². The molecule has 0 spiro atoms. The first-order valence-electron chi connectivity index (χ1n) is 7.44. The van der Waals surface area contributed by atoms with Gasteiger partial charge in [0.15, 0.2) is 5.96 Å². The van der Waals surface area contributed by atoms with Gasteiger partial charge < -0.3 is 16.0 Å². The topological polar surface area (TPSA) is 53.6 Å². The van der Waals surface area contributed by atoms with E-state index in [9.17, 15) is 0 Å². The minimum Gasteiger partial charge on any atom is -0.370 e. The van der Waals surface area contributed by atoms with E-state index in [0.29, 0.717) is 11.9 Å². The summed E-state index contributed by atoms with van der Waals surface area (Å²) in [5, 5.41) is 3.19. The van der Waals surface area contributed by atoms with Crippen molar-refractivity contribution in [3.8, 4) is 0 Å². The number of nitrogens with one attached hydrogen (secondary N) is 1. The number of anilines is 1. The van der Waals surface area contributed by atoms with E-state index in [-0.39, 0.29) is 0 Å². The van der Waals surface area contributed by atoms with Crippen LogP contribution in [0.25, 0.3) is 0 Å². The number of nitrogens with two attached hydrogens (primary N) is 1. The number of aryl methyl sites for hydroxylation is 2. The molecular weight excluding hydrogens is 248 g/mol. The van der Waals surface area contributed by atoms with Crippen LogP contribution >= 0.6 is 0 Å². The first-order chi connectivity index (χ1) is 9.56. The van der Waals surface area contributed by atoms with Gasteiger partial charge in [-0.25, -0.2) is 0 Å². The lowest BCUT2D eigenvalue weighted by Gasteiger charge is -2.12. The molecule has 1 saturated heterocycles. The molecule has 0 aliphatic carbocycles. The van der Waals surface area contributed by atoms with E-state index in [0.717, 1.165) is 25.3 Å². The lowest BCUT2D eigenvalue weighted by atomic mass is 10.1. The fraction of sp³-hybridized carbons (Fsp3) is 0.562. The highest BCUT2D eigenvalue weighted by Crippen LogP contribution is 2.16. The van der Waals surface area contributed by atoms with Crippen molar-refractivity contribution >= 4 is 11.6 Å². The average Bonchev–Trinajstić information content (AvgIpc) is 2.83. The number of benzene rings is 1. The molecular formula is C16H26N4. The van der Waals surface area contributed by atoms with Crippen LogP contribution in [0.4, 0.5) is 5.69 Å². The van der Waals surface area contributed by atoms with Crippen LogP contribution in [0, 0.1) is 19.8 Å². The van der Waals surface area contributed by atoms with Gasteiger partial charge in [-0.15, -0.1) is 0 Å². The molecule has 4 nitrogen and oxygen atoms in total. The van der Waals surface area contributed by atoms with Crippen molar-refractivity contribution in [3.63, 3.8) is 0 Å². The van der Waals surface area contributed by atoms with Gasteiger partial charge in [-0.1, -0.05) is 13.0 Å². The lowest BCUT2D eigenvalue weighted by molar-refractivity contribution is 0.344. The Morgan fingerprint density at radius 3 is 2.65 bits per heavy atom. The molecule has 1 heterocycles. The molecule has 1 aromatic rings. The maximum atomic E-state index is 5.98. The summed E-state index contributed by atoms with van der Waals surface area (Å²) in [4.78, 5) is 6.95. The number of hydrogen-bond donors (Lipinski definition) is 2. The molecule has 1 aliphatic rings. The molecule has 1 aromatic carbocycles. The summed E-state index contributed by atoms with van der Waals surface area (Å²) in [5.41, 5.74) is 9.46. The monoisotopic (exact) mass is 274 g/mol. The lowest BCUT2D eigenvalue weighted by Crippen LogP contribution is -2.25. The van der Waals surface area contributed by atoms with Crippen LogP contribution in [-0.4, -0.2) is 37.0 Å². The molecule has 0 aromatic heterocycles. The van der Waals surface area contributed by atoms with E-state index in [4.69, 9.17) is 5.73 Å². The molecule has 3 N–H and O–H groups in total. The van der Waals surface area contributed by atoms with Crippen LogP contribution in [0.1, 0.15) is 24.5 Å². The third-order valence-electron chi connectivity index (χ3n) is 3.83. The predicted molar refractivity (Wildman–Crippen MR) is 86.2 cm³/mol. The second-order valence-corrected chi connectivity index (χ2v) is 5.78. The second kappa shape index (κ2) is 6.75. The molecule has 1 aliphatic heterocycles. The first kappa shape index (κ1) is 14.9. The van der Waals surface area contributed by atoms with Crippen molar-refractivity contribution in [1.29, 1.82) is 0 Å². The molecule has 0 bridgehead atoms. The third kappa shape index (κ3) is 4.23. The Morgan fingerprint density at radius 2 is 2.05 bits per heavy atom. The van der Waals surface area contributed by atoms with Gasteiger partial charge in [0.1, 0.15) is 0 Å². The quantitative estimate of drug-likeness (QED) is 0.654. The van der Waals surface area contributed by atoms with Crippen molar-refractivity contribution in [2.75, 3.05) is 31.5 Å². The molecule has 0 radical (unpaired) electrons. The first-order valence-corrected chi connectivity index (χ1v) is 7.44. The fourth-order valence-electron chi connectivity index (χ4n) is 2.81. The fourth-order valence-corrected chi connectivity index (χ4v) is 2.81. The van der Waals surface area contributed by atoms with Crippen LogP contribution in [0.15, 0.2) is 23.2 Å². The number of nitrogens with zero attached hydrogens (tertiary/aromatic N) is 2. The highest BCUT2D eigenvalue weighted by molar-refractivity contribution is 5.92. The summed E-state index contributed by atoms with van der Waals surface area (Å²) >= 11 is 0. The van der Waals surface area contributed by atoms with Gasteiger partial charge in [-0.05, 0) is 62.5 Å². The molecule has 1 fully saturated rings. The molecule has 1 atom stereocenters. The maximum absolute atomic E-state index is 5.98. The maximum Gasteiger partial charge on any atom is 0.193 e. The van der Waals surface area contributed by atoms with E-state index in [2.05, 4.69) is 54.2 Å². The van der Waals surface area contributed by atoms with Gasteiger partial charge >= 0.3 is 0 Å². The summed E-state index contributed by atoms with van der Waals surface area (Å²) < 4.78 is 0. The molecule has 20 heavy (non-hydrogen) atoms. The number of aliphatic imine (C=N–C) groups is 1. The summed E-state index contributed by atoms with van der Waals surface area (Å²) in [6, 6.07) is 6.32. The van der Waals surface area contributed by atoms with Gasteiger partial charge in [0, 0.05) is 18.8 Å². The standard InChI is InChI=1S/C16H26N4/c1-4-20-6-5-14(11-20)10-18-16(17)19-15-8-12(2)7-13(3)9-15/h7-9,14H,4-6,10-11H2,1-3H3,(H3,17,18,19). The average molecular weight is 274 g/mol. The molecule has 2 rings (SSSR count). The number of hydrogen-bond acceptors (Lipinski definition) is 2. The summed E-state index contributed by atoms with van der Waals surface area (Å²) in [5.74, 6) is 1.17. The normalized spacial score (nSPS) is 20.4. The van der Waals surface area contributed by atoms with Gasteiger partial charge in [-0.3, -0.25) is 4.99 Å². The Labute approximate surface area is 122 Å². The predicted octanol–water partition coefficient (Wildman–Crippen LogP) is 2.37. The zero-order chi connectivity index (χ0) is 14.5.